The molecule has 8 heteroatoms. The third-order valence-corrected chi connectivity index (χ3v) is 4.02. The first-order valence-corrected chi connectivity index (χ1v) is 8.85. The van der Waals surface area contributed by atoms with Gasteiger partial charge in [-0.2, -0.15) is 0 Å². The highest BCUT2D eigenvalue weighted by Crippen LogP contribution is 2.29. The summed E-state index contributed by atoms with van der Waals surface area (Å²) in [5.41, 5.74) is 2.10. The summed E-state index contributed by atoms with van der Waals surface area (Å²) in [5.74, 6) is -0.164. The second-order valence-electron chi connectivity index (χ2n) is 6.11. The van der Waals surface area contributed by atoms with Gasteiger partial charge in [0.2, 0.25) is 0 Å². The molecule has 28 heavy (non-hydrogen) atoms. The minimum absolute atomic E-state index is 0.270. The Balaban J connectivity index is 1.75. The first-order valence-electron chi connectivity index (χ1n) is 8.85. The number of carbonyl (C=O) groups is 2. The van der Waals surface area contributed by atoms with Gasteiger partial charge in [0, 0.05) is 5.56 Å². The molecule has 0 saturated heterocycles. The van der Waals surface area contributed by atoms with Crippen LogP contribution in [0.1, 0.15) is 36.1 Å². The van der Waals surface area contributed by atoms with Crippen molar-refractivity contribution in [3.8, 4) is 11.5 Å². The van der Waals surface area contributed by atoms with Crippen molar-refractivity contribution < 1.29 is 24.2 Å². The fourth-order valence-electron chi connectivity index (χ4n) is 2.70. The van der Waals surface area contributed by atoms with Gasteiger partial charge >= 0.3 is 5.97 Å². The zero-order chi connectivity index (χ0) is 20.1. The van der Waals surface area contributed by atoms with Crippen molar-refractivity contribution in [3.63, 3.8) is 0 Å². The lowest BCUT2D eigenvalue weighted by Gasteiger charge is -2.14. The van der Waals surface area contributed by atoms with Crippen LogP contribution in [0.25, 0.3) is 11.0 Å². The van der Waals surface area contributed by atoms with E-state index in [0.717, 1.165) is 11.0 Å². The van der Waals surface area contributed by atoms with Crippen molar-refractivity contribution in [1.29, 1.82) is 0 Å². The van der Waals surface area contributed by atoms with Crippen LogP contribution in [-0.4, -0.2) is 40.2 Å². The van der Waals surface area contributed by atoms with Gasteiger partial charge in [0.1, 0.15) is 5.82 Å². The van der Waals surface area contributed by atoms with Crippen LogP contribution in [0, 0.1) is 0 Å². The molecule has 3 N–H and O–H groups in total. The Hall–Kier alpha value is -3.55. The third-order valence-electron chi connectivity index (χ3n) is 4.02. The lowest BCUT2D eigenvalue weighted by molar-refractivity contribution is -0.139. The van der Waals surface area contributed by atoms with E-state index in [2.05, 4.69) is 15.3 Å². The van der Waals surface area contributed by atoms with Crippen LogP contribution in [-0.2, 0) is 4.79 Å². The molecule has 146 valence electrons. The largest absolute Gasteiger partial charge is 0.490 e. The number of aromatic amines is 1. The van der Waals surface area contributed by atoms with Crippen LogP contribution in [0.5, 0.6) is 11.5 Å². The lowest BCUT2D eigenvalue weighted by Crippen LogP contribution is -2.27. The van der Waals surface area contributed by atoms with E-state index in [-0.39, 0.29) is 17.7 Å². The van der Waals surface area contributed by atoms with E-state index in [1.54, 1.807) is 13.0 Å². The number of imidazole rings is 1. The van der Waals surface area contributed by atoms with Gasteiger partial charge in [-0.05, 0) is 44.2 Å². The highest BCUT2D eigenvalue weighted by molar-refractivity contribution is 5.95. The molecule has 1 aromatic heterocycles. The molecule has 0 fully saturated rings. The molecular weight excluding hydrogens is 362 g/mol. The van der Waals surface area contributed by atoms with E-state index in [1.165, 1.54) is 12.1 Å². The Kier molecular flexibility index (Phi) is 5.78. The average Bonchev–Trinajstić information content (AvgIpc) is 3.11. The number of hydrogen-bond acceptors (Lipinski definition) is 5. The Labute approximate surface area is 161 Å². The molecule has 1 unspecified atom stereocenters. The molecule has 8 nitrogen and oxygen atoms in total. The number of nitrogens with one attached hydrogen (secondary N) is 2. The van der Waals surface area contributed by atoms with Crippen LogP contribution in [0.3, 0.4) is 0 Å². The number of carboxylic acid groups (broad SMARTS) is 1. The van der Waals surface area contributed by atoms with E-state index < -0.39 is 12.6 Å². The van der Waals surface area contributed by atoms with E-state index >= 15 is 0 Å². The molecule has 0 saturated carbocycles. The van der Waals surface area contributed by atoms with Crippen molar-refractivity contribution in [1.82, 2.24) is 15.3 Å². The lowest BCUT2D eigenvalue weighted by atomic mass is 10.1. The fraction of sp³-hybridized carbons (Fsp3) is 0.250. The van der Waals surface area contributed by atoms with Crippen LogP contribution in [0.4, 0.5) is 0 Å². The summed E-state index contributed by atoms with van der Waals surface area (Å²) >= 11 is 0. The van der Waals surface area contributed by atoms with E-state index in [1.807, 2.05) is 31.2 Å². The molecule has 0 aliphatic rings. The molecule has 1 amide bonds. The number of carbonyl (C=O) groups excluding carboxylic acids is 1. The maximum Gasteiger partial charge on any atom is 0.341 e. The van der Waals surface area contributed by atoms with Gasteiger partial charge in [0.05, 0.1) is 23.7 Å². The number of ether oxygens (including phenoxy) is 2. The summed E-state index contributed by atoms with van der Waals surface area (Å²) in [6, 6.07) is 11.9. The molecule has 3 aromatic rings. The van der Waals surface area contributed by atoms with E-state index in [9.17, 15) is 9.59 Å². The van der Waals surface area contributed by atoms with Crippen LogP contribution in [0.15, 0.2) is 42.5 Å². The Morgan fingerprint density at radius 3 is 2.68 bits per heavy atom. The Morgan fingerprint density at radius 2 is 1.96 bits per heavy atom. The minimum atomic E-state index is -1.09. The van der Waals surface area contributed by atoms with Gasteiger partial charge in [-0.1, -0.05) is 12.1 Å². The summed E-state index contributed by atoms with van der Waals surface area (Å²) in [4.78, 5) is 31.0. The Morgan fingerprint density at radius 1 is 1.18 bits per heavy atom. The van der Waals surface area contributed by atoms with Gasteiger partial charge in [-0.3, -0.25) is 4.79 Å². The summed E-state index contributed by atoms with van der Waals surface area (Å²) in [6.07, 6.45) is 0. The summed E-state index contributed by atoms with van der Waals surface area (Å²) < 4.78 is 10.7. The number of carboxylic acids is 1. The number of hydrogen-bond donors (Lipinski definition) is 3. The first kappa shape index (κ1) is 19.2. The zero-order valence-corrected chi connectivity index (χ0v) is 15.6. The standard InChI is InChI=1S/C20H21N3O5/c1-3-27-17-10-13(8-9-16(17)28-11-18(24)25)20(26)21-12(2)19-22-14-6-4-5-7-15(14)23-19/h4-10,12H,3,11H2,1-2H3,(H,21,26)(H,22,23)(H,24,25). The maximum absolute atomic E-state index is 12.6. The number of aromatic nitrogens is 2. The number of rotatable bonds is 8. The van der Waals surface area contributed by atoms with Gasteiger partial charge in [-0.25, -0.2) is 9.78 Å². The molecule has 1 heterocycles. The third kappa shape index (κ3) is 4.40. The van der Waals surface area contributed by atoms with Crippen molar-refractivity contribution >= 4 is 22.9 Å². The predicted molar refractivity (Wildman–Crippen MR) is 103 cm³/mol. The highest BCUT2D eigenvalue weighted by Gasteiger charge is 2.17. The van der Waals surface area contributed by atoms with Crippen molar-refractivity contribution in [2.45, 2.75) is 19.9 Å². The summed E-state index contributed by atoms with van der Waals surface area (Å²) in [7, 11) is 0. The molecule has 0 radical (unpaired) electrons. The predicted octanol–water partition coefficient (Wildman–Crippen LogP) is 2.92. The number of amides is 1. The molecule has 0 aliphatic heterocycles. The molecular formula is C20H21N3O5. The highest BCUT2D eigenvalue weighted by atomic mass is 16.5. The van der Waals surface area contributed by atoms with Crippen LogP contribution < -0.4 is 14.8 Å². The van der Waals surface area contributed by atoms with Crippen molar-refractivity contribution in [2.24, 2.45) is 0 Å². The fourth-order valence-corrected chi connectivity index (χ4v) is 2.70. The van der Waals surface area contributed by atoms with Crippen molar-refractivity contribution in [3.05, 3.63) is 53.9 Å². The van der Waals surface area contributed by atoms with Gasteiger partial charge in [0.15, 0.2) is 18.1 Å². The van der Waals surface area contributed by atoms with E-state index in [0.29, 0.717) is 23.7 Å². The number of para-hydroxylation sites is 2. The molecule has 0 aliphatic carbocycles. The number of aliphatic carboxylic acids is 1. The monoisotopic (exact) mass is 383 g/mol. The van der Waals surface area contributed by atoms with Gasteiger partial charge in [0.25, 0.3) is 5.91 Å². The summed E-state index contributed by atoms with van der Waals surface area (Å²) in [6.45, 7) is 3.49. The van der Waals surface area contributed by atoms with Crippen molar-refractivity contribution in [2.75, 3.05) is 13.2 Å². The first-order chi connectivity index (χ1) is 13.5. The van der Waals surface area contributed by atoms with Gasteiger partial charge < -0.3 is 24.9 Å². The number of benzene rings is 2. The second-order valence-corrected chi connectivity index (χ2v) is 6.11. The zero-order valence-electron chi connectivity index (χ0n) is 15.6. The molecule has 0 bridgehead atoms. The van der Waals surface area contributed by atoms with Crippen LogP contribution >= 0.6 is 0 Å². The molecule has 2 aromatic carbocycles. The maximum atomic E-state index is 12.6. The minimum Gasteiger partial charge on any atom is -0.490 e. The topological polar surface area (TPSA) is 114 Å². The average molecular weight is 383 g/mol. The number of H-pyrrole nitrogens is 1. The molecule has 0 spiro atoms. The number of fused-ring (bicyclic) bond motifs is 1. The van der Waals surface area contributed by atoms with Gasteiger partial charge in [-0.15, -0.1) is 0 Å². The molecule has 1 atom stereocenters. The smallest absolute Gasteiger partial charge is 0.341 e. The quantitative estimate of drug-likeness (QED) is 0.551. The Bertz CT molecular complexity index is 965. The normalized spacial score (nSPS) is 11.8. The second kappa shape index (κ2) is 8.43. The SMILES string of the molecule is CCOc1cc(C(=O)NC(C)c2nc3ccccc3[nH]2)ccc1OCC(=O)O. The van der Waals surface area contributed by atoms with E-state index in [4.69, 9.17) is 14.6 Å². The number of nitrogens with zero attached hydrogens (tertiary/aromatic N) is 1. The summed E-state index contributed by atoms with van der Waals surface area (Å²) in [5, 5.41) is 11.6. The molecule has 3 rings (SSSR count). The van der Waals surface area contributed by atoms with Crippen LogP contribution in [0.2, 0.25) is 0 Å².